The Labute approximate surface area is 95.2 Å². The molecule has 1 heterocycles. The van der Waals surface area contributed by atoms with Crippen molar-refractivity contribution in [2.24, 2.45) is 0 Å². The Balaban J connectivity index is 0.000000980. The van der Waals surface area contributed by atoms with E-state index in [1.807, 2.05) is 0 Å². The van der Waals surface area contributed by atoms with Crippen molar-refractivity contribution in [3.63, 3.8) is 0 Å². The van der Waals surface area contributed by atoms with Crippen LogP contribution < -0.4 is 3.58 Å². The van der Waals surface area contributed by atoms with E-state index < -0.39 is 21.1 Å². The molecule has 1 fully saturated rings. The number of ether oxygens (including phenoxy) is 1. The van der Waals surface area contributed by atoms with Gasteiger partial charge in [0.05, 0.1) is 0 Å². The van der Waals surface area contributed by atoms with E-state index in [1.165, 1.54) is 19.3 Å². The van der Waals surface area contributed by atoms with Crippen molar-refractivity contribution in [3.05, 3.63) is 30.3 Å². The minimum atomic E-state index is -0.644. The van der Waals surface area contributed by atoms with E-state index in [0.717, 1.165) is 6.61 Å². The van der Waals surface area contributed by atoms with Gasteiger partial charge in [0.1, 0.15) is 0 Å². The van der Waals surface area contributed by atoms with Crippen molar-refractivity contribution in [2.45, 2.75) is 23.4 Å². The maximum absolute atomic E-state index is 5.77. The molecule has 1 unspecified atom stereocenters. The van der Waals surface area contributed by atoms with Gasteiger partial charge in [-0.15, -0.1) is 0 Å². The third kappa shape index (κ3) is 3.59. The van der Waals surface area contributed by atoms with Gasteiger partial charge in [-0.1, -0.05) is 0 Å². The minimum absolute atomic E-state index is 0. The van der Waals surface area contributed by atoms with Crippen molar-refractivity contribution in [1.29, 1.82) is 0 Å². The first-order valence-corrected chi connectivity index (χ1v) is 8.52. The Hall–Kier alpha value is -0.0613. The molecule has 1 atom stereocenters. The fourth-order valence-corrected chi connectivity index (χ4v) is 5.98. The second-order valence-corrected chi connectivity index (χ2v) is 8.46. The van der Waals surface area contributed by atoms with Gasteiger partial charge in [0.2, 0.25) is 0 Å². The van der Waals surface area contributed by atoms with Gasteiger partial charge in [-0.2, -0.15) is 0 Å². The monoisotopic (exact) mass is 301 g/mol. The summed E-state index contributed by atoms with van der Waals surface area (Å²) in [7, 11) is 0. The number of hydrogen-bond donors (Lipinski definition) is 0. The van der Waals surface area contributed by atoms with E-state index in [9.17, 15) is 0 Å². The van der Waals surface area contributed by atoms with Crippen LogP contribution in [0.3, 0.4) is 0 Å². The molecule has 77 valence electrons. The normalized spacial score (nSPS) is 21.3. The summed E-state index contributed by atoms with van der Waals surface area (Å²) in [6, 6.07) is 10.9. The van der Waals surface area contributed by atoms with Crippen molar-refractivity contribution in [3.8, 4) is 0 Å². The first kappa shape index (κ1) is 12.0. The average Bonchev–Trinajstić information content (AvgIpc) is 2.21. The molecule has 1 aliphatic rings. The fourth-order valence-electron chi connectivity index (χ4n) is 1.68. The van der Waals surface area contributed by atoms with Crippen LogP contribution in [0.25, 0.3) is 0 Å². The molecule has 2 rings (SSSR count). The topological polar surface area (TPSA) is 40.7 Å². The second kappa shape index (κ2) is 6.43. The van der Waals surface area contributed by atoms with Crippen molar-refractivity contribution < 1.29 is 10.2 Å². The second-order valence-electron chi connectivity index (χ2n) is 3.48. The van der Waals surface area contributed by atoms with E-state index >= 15 is 0 Å². The van der Waals surface area contributed by atoms with E-state index in [0.29, 0.717) is 4.12 Å². The summed E-state index contributed by atoms with van der Waals surface area (Å²) in [6.07, 6.45) is 3.97. The molecule has 2 nitrogen and oxygen atoms in total. The van der Waals surface area contributed by atoms with Crippen LogP contribution in [-0.4, -0.2) is 37.3 Å². The number of benzene rings is 1. The van der Waals surface area contributed by atoms with Crippen LogP contribution in [-0.2, 0) is 4.74 Å². The van der Waals surface area contributed by atoms with Crippen molar-refractivity contribution >= 4 is 24.7 Å². The summed E-state index contributed by atoms with van der Waals surface area (Å²) >= 11 is -0.644. The molecule has 0 saturated carbocycles. The Kier molecular flexibility index (Phi) is 5.51. The Bertz CT molecular complexity index is 245. The molecule has 0 amide bonds. The van der Waals surface area contributed by atoms with E-state index in [-0.39, 0.29) is 5.48 Å². The molecule has 2 N–H and O–H groups in total. The molecule has 0 aliphatic carbocycles. The van der Waals surface area contributed by atoms with Gasteiger partial charge in [-0.3, -0.25) is 0 Å². The zero-order valence-corrected chi connectivity index (χ0v) is 11.6. The molecule has 1 aliphatic heterocycles. The third-order valence-electron chi connectivity index (χ3n) is 2.39. The van der Waals surface area contributed by atoms with Gasteiger partial charge in [-0.05, 0) is 0 Å². The van der Waals surface area contributed by atoms with Crippen LogP contribution in [0.5, 0.6) is 0 Å². The first-order valence-electron chi connectivity index (χ1n) is 4.97. The molecule has 1 aromatic carbocycles. The standard InChI is InChI=1S/C6H5.C5H9O.H2O.Sn.H/c2*1-2-4-6-5-3-1;;;/h1-5H;4H,1-3,5H2;1H2;;. The van der Waals surface area contributed by atoms with Gasteiger partial charge >= 0.3 is 89.8 Å². The number of hydrogen-bond acceptors (Lipinski definition) is 1. The third-order valence-corrected chi connectivity index (χ3v) is 7.15. The molecule has 14 heavy (non-hydrogen) atoms. The van der Waals surface area contributed by atoms with Gasteiger partial charge < -0.3 is 5.48 Å². The molecule has 1 aromatic rings. The summed E-state index contributed by atoms with van der Waals surface area (Å²) in [6.45, 7) is 1.00. The van der Waals surface area contributed by atoms with Gasteiger partial charge in [0.15, 0.2) is 0 Å². The van der Waals surface area contributed by atoms with E-state index in [4.69, 9.17) is 4.74 Å². The molecule has 0 aromatic heterocycles. The zero-order valence-electron chi connectivity index (χ0n) is 8.28. The average molecular weight is 300 g/mol. The molecule has 1 saturated heterocycles. The van der Waals surface area contributed by atoms with Crippen LogP contribution in [0.1, 0.15) is 19.3 Å². The first-order chi connectivity index (χ1) is 6.45. The van der Waals surface area contributed by atoms with Crippen molar-refractivity contribution in [2.75, 3.05) is 6.61 Å². The summed E-state index contributed by atoms with van der Waals surface area (Å²) in [5, 5.41) is 0. The van der Waals surface area contributed by atoms with E-state index in [2.05, 4.69) is 30.3 Å². The molecular weight excluding hydrogens is 283 g/mol. The van der Waals surface area contributed by atoms with Gasteiger partial charge in [-0.25, -0.2) is 0 Å². The molecule has 0 spiro atoms. The van der Waals surface area contributed by atoms with Crippen LogP contribution in [0.15, 0.2) is 30.3 Å². The SMILES string of the molecule is O.c1cc[c]([SnH][CH]2CCCCO2)cc1. The fraction of sp³-hybridized carbons (Fsp3) is 0.455. The zero-order chi connectivity index (χ0) is 8.93. The summed E-state index contributed by atoms with van der Waals surface area (Å²) < 4.78 is 8.01. The van der Waals surface area contributed by atoms with E-state index in [1.54, 1.807) is 3.58 Å². The molecular formula is C11H17O2Sn. The van der Waals surface area contributed by atoms with Crippen LogP contribution in [0.4, 0.5) is 0 Å². The quantitative estimate of drug-likeness (QED) is 0.731. The summed E-state index contributed by atoms with van der Waals surface area (Å²) in [5.41, 5.74) is 0. The van der Waals surface area contributed by atoms with Crippen LogP contribution in [0, 0.1) is 0 Å². The predicted molar refractivity (Wildman–Crippen MR) is 60.4 cm³/mol. The maximum atomic E-state index is 5.77. The van der Waals surface area contributed by atoms with Crippen molar-refractivity contribution in [1.82, 2.24) is 0 Å². The van der Waals surface area contributed by atoms with Crippen LogP contribution >= 0.6 is 0 Å². The summed E-state index contributed by atoms with van der Waals surface area (Å²) in [4.78, 5) is 0. The predicted octanol–water partition coefficient (Wildman–Crippen LogP) is 0.450. The molecule has 3 heteroatoms. The Morgan fingerprint density at radius 1 is 1.14 bits per heavy atom. The van der Waals surface area contributed by atoms with Crippen LogP contribution in [0.2, 0.25) is 0 Å². The Morgan fingerprint density at radius 2 is 1.93 bits per heavy atom. The molecule has 0 bridgehead atoms. The van der Waals surface area contributed by atoms with Gasteiger partial charge in [0.25, 0.3) is 0 Å². The Morgan fingerprint density at radius 3 is 2.57 bits per heavy atom. The number of rotatable bonds is 2. The van der Waals surface area contributed by atoms with Gasteiger partial charge in [0, 0.05) is 0 Å². The summed E-state index contributed by atoms with van der Waals surface area (Å²) in [5.74, 6) is 0. The molecule has 1 radical (unpaired) electrons.